The van der Waals surface area contributed by atoms with Crippen LogP contribution in [0.4, 0.5) is 0 Å². The predicted octanol–water partition coefficient (Wildman–Crippen LogP) is 2.97. The molecule has 2 heterocycles. The maximum atomic E-state index is 12.5. The molecular formula is C16H24N2OS. The molecule has 2 aliphatic rings. The fourth-order valence-corrected chi connectivity index (χ4v) is 3.78. The summed E-state index contributed by atoms with van der Waals surface area (Å²) in [7, 11) is 0. The number of likely N-dealkylation sites (tertiary alicyclic amines) is 1. The molecule has 0 atom stereocenters. The zero-order valence-corrected chi connectivity index (χ0v) is 13.3. The van der Waals surface area contributed by atoms with Crippen molar-refractivity contribution < 1.29 is 4.79 Å². The van der Waals surface area contributed by atoms with Crippen LogP contribution in [0.5, 0.6) is 0 Å². The number of nitrogens with one attached hydrogen (secondary N) is 1. The van der Waals surface area contributed by atoms with Crippen molar-refractivity contribution >= 4 is 17.2 Å². The number of hydrogen-bond acceptors (Lipinski definition) is 3. The fraction of sp³-hybridized carbons (Fsp3) is 0.688. The van der Waals surface area contributed by atoms with E-state index in [9.17, 15) is 4.79 Å². The molecule has 2 fully saturated rings. The molecule has 1 amide bonds. The molecule has 0 spiro atoms. The summed E-state index contributed by atoms with van der Waals surface area (Å²) >= 11 is 1.63. The van der Waals surface area contributed by atoms with Crippen molar-refractivity contribution in [1.29, 1.82) is 0 Å². The van der Waals surface area contributed by atoms with Crippen molar-refractivity contribution in [2.75, 3.05) is 19.6 Å². The van der Waals surface area contributed by atoms with Gasteiger partial charge >= 0.3 is 0 Å². The van der Waals surface area contributed by atoms with Gasteiger partial charge in [-0.3, -0.25) is 4.79 Å². The summed E-state index contributed by atoms with van der Waals surface area (Å²) in [5.74, 6) is 1.17. The van der Waals surface area contributed by atoms with Crippen molar-refractivity contribution in [3.8, 4) is 0 Å². The van der Waals surface area contributed by atoms with Crippen LogP contribution in [0, 0.1) is 19.8 Å². The first-order valence-electron chi connectivity index (χ1n) is 7.73. The van der Waals surface area contributed by atoms with E-state index in [2.05, 4.69) is 19.2 Å². The van der Waals surface area contributed by atoms with Crippen LogP contribution in [-0.4, -0.2) is 36.5 Å². The molecule has 0 unspecified atom stereocenters. The number of piperidine rings is 1. The van der Waals surface area contributed by atoms with Crippen LogP contribution >= 0.6 is 11.3 Å². The second-order valence-electron chi connectivity index (χ2n) is 6.27. The molecular weight excluding hydrogens is 268 g/mol. The number of rotatable bonds is 4. The number of carbonyl (C=O) groups is 1. The molecule has 110 valence electrons. The standard InChI is InChI=1S/C16H24N2OS/c1-11-9-15(20-12(11)2)16(19)18-7-5-14(6-8-18)17-10-13-3-4-13/h9,13-14,17H,3-8,10H2,1-2H3. The van der Waals surface area contributed by atoms with E-state index in [1.807, 2.05) is 11.0 Å². The van der Waals surface area contributed by atoms with Crippen LogP contribution in [0.15, 0.2) is 6.07 Å². The average Bonchev–Trinajstić information content (AvgIpc) is 3.22. The Balaban J connectivity index is 1.50. The van der Waals surface area contributed by atoms with Gasteiger partial charge in [-0.2, -0.15) is 0 Å². The summed E-state index contributed by atoms with van der Waals surface area (Å²) < 4.78 is 0. The molecule has 0 aromatic carbocycles. The number of amides is 1. The van der Waals surface area contributed by atoms with Crippen LogP contribution < -0.4 is 5.32 Å². The Morgan fingerprint density at radius 3 is 2.55 bits per heavy atom. The fourth-order valence-electron chi connectivity index (χ4n) is 2.78. The summed E-state index contributed by atoms with van der Waals surface area (Å²) in [6, 6.07) is 2.66. The van der Waals surface area contributed by atoms with E-state index in [4.69, 9.17) is 0 Å². The van der Waals surface area contributed by atoms with Gasteiger partial charge in [0.1, 0.15) is 0 Å². The number of hydrogen-bond donors (Lipinski definition) is 1. The van der Waals surface area contributed by atoms with Gasteiger partial charge in [0.2, 0.25) is 0 Å². The molecule has 3 nitrogen and oxygen atoms in total. The molecule has 4 heteroatoms. The van der Waals surface area contributed by atoms with E-state index < -0.39 is 0 Å². The number of nitrogens with zero attached hydrogens (tertiary/aromatic N) is 1. The largest absolute Gasteiger partial charge is 0.338 e. The Morgan fingerprint density at radius 1 is 1.30 bits per heavy atom. The van der Waals surface area contributed by atoms with Gasteiger partial charge in [0.05, 0.1) is 4.88 Å². The van der Waals surface area contributed by atoms with E-state index in [0.29, 0.717) is 6.04 Å². The Labute approximate surface area is 125 Å². The normalized spacial score (nSPS) is 20.4. The molecule has 1 saturated carbocycles. The third-order valence-electron chi connectivity index (χ3n) is 4.55. The monoisotopic (exact) mass is 292 g/mol. The van der Waals surface area contributed by atoms with Crippen molar-refractivity contribution in [2.45, 2.75) is 45.6 Å². The SMILES string of the molecule is Cc1cc(C(=O)N2CCC(NCC3CC3)CC2)sc1C. The Bertz CT molecular complexity index is 465. The first-order chi connectivity index (χ1) is 9.63. The van der Waals surface area contributed by atoms with Crippen LogP contribution in [-0.2, 0) is 0 Å². The molecule has 1 aliphatic heterocycles. The van der Waals surface area contributed by atoms with Gasteiger partial charge in [0.15, 0.2) is 0 Å². The maximum absolute atomic E-state index is 12.5. The Kier molecular flexibility index (Phi) is 4.13. The lowest BCUT2D eigenvalue weighted by atomic mass is 10.0. The molecule has 3 rings (SSSR count). The zero-order valence-electron chi connectivity index (χ0n) is 12.4. The first-order valence-corrected chi connectivity index (χ1v) is 8.55. The molecule has 1 saturated heterocycles. The second-order valence-corrected chi connectivity index (χ2v) is 7.52. The Morgan fingerprint density at radius 2 is 2.00 bits per heavy atom. The smallest absolute Gasteiger partial charge is 0.263 e. The second kappa shape index (κ2) is 5.86. The highest BCUT2D eigenvalue weighted by molar-refractivity contribution is 7.14. The molecule has 1 N–H and O–H groups in total. The van der Waals surface area contributed by atoms with E-state index in [-0.39, 0.29) is 5.91 Å². The number of aryl methyl sites for hydroxylation is 2. The van der Waals surface area contributed by atoms with E-state index in [0.717, 1.165) is 36.7 Å². The van der Waals surface area contributed by atoms with Gasteiger partial charge in [-0.1, -0.05) is 0 Å². The third kappa shape index (κ3) is 3.23. The van der Waals surface area contributed by atoms with Crippen molar-refractivity contribution in [3.05, 3.63) is 21.4 Å². The minimum Gasteiger partial charge on any atom is -0.338 e. The topological polar surface area (TPSA) is 32.3 Å². The minimum atomic E-state index is 0.229. The predicted molar refractivity (Wildman–Crippen MR) is 83.4 cm³/mol. The van der Waals surface area contributed by atoms with Crippen LogP contribution in [0.25, 0.3) is 0 Å². The highest BCUT2D eigenvalue weighted by Gasteiger charge is 2.26. The highest BCUT2D eigenvalue weighted by Crippen LogP contribution is 2.28. The summed E-state index contributed by atoms with van der Waals surface area (Å²) in [5, 5.41) is 3.66. The van der Waals surface area contributed by atoms with Gasteiger partial charge in [0, 0.05) is 24.0 Å². The first kappa shape index (κ1) is 14.1. The number of thiophene rings is 1. The molecule has 1 aromatic rings. The van der Waals surface area contributed by atoms with Gasteiger partial charge in [-0.05, 0) is 63.6 Å². The lowest BCUT2D eigenvalue weighted by molar-refractivity contribution is 0.0710. The van der Waals surface area contributed by atoms with Crippen LogP contribution in [0.2, 0.25) is 0 Å². The van der Waals surface area contributed by atoms with E-state index in [1.54, 1.807) is 11.3 Å². The zero-order chi connectivity index (χ0) is 14.1. The summed E-state index contributed by atoms with van der Waals surface area (Å²) in [5.41, 5.74) is 1.24. The third-order valence-corrected chi connectivity index (χ3v) is 5.69. The minimum absolute atomic E-state index is 0.229. The molecule has 0 bridgehead atoms. The molecule has 20 heavy (non-hydrogen) atoms. The lowest BCUT2D eigenvalue weighted by Crippen LogP contribution is -2.45. The Hall–Kier alpha value is -0.870. The lowest BCUT2D eigenvalue weighted by Gasteiger charge is -2.32. The molecule has 1 aliphatic carbocycles. The maximum Gasteiger partial charge on any atom is 0.263 e. The van der Waals surface area contributed by atoms with Gasteiger partial charge in [-0.25, -0.2) is 0 Å². The van der Waals surface area contributed by atoms with Gasteiger partial charge < -0.3 is 10.2 Å². The average molecular weight is 292 g/mol. The summed E-state index contributed by atoms with van der Waals surface area (Å²) in [6.07, 6.45) is 5.01. The van der Waals surface area contributed by atoms with Crippen molar-refractivity contribution in [1.82, 2.24) is 10.2 Å². The van der Waals surface area contributed by atoms with E-state index in [1.165, 1.54) is 29.8 Å². The summed E-state index contributed by atoms with van der Waals surface area (Å²) in [4.78, 5) is 16.7. The van der Waals surface area contributed by atoms with Crippen molar-refractivity contribution in [2.24, 2.45) is 5.92 Å². The number of carbonyl (C=O) groups excluding carboxylic acids is 1. The van der Waals surface area contributed by atoms with Crippen LogP contribution in [0.1, 0.15) is 45.8 Å². The molecule has 0 radical (unpaired) electrons. The van der Waals surface area contributed by atoms with Gasteiger partial charge in [0.25, 0.3) is 5.91 Å². The summed E-state index contributed by atoms with van der Waals surface area (Å²) in [6.45, 7) is 7.15. The highest BCUT2D eigenvalue weighted by atomic mass is 32.1. The molecule has 1 aromatic heterocycles. The van der Waals surface area contributed by atoms with E-state index >= 15 is 0 Å². The van der Waals surface area contributed by atoms with Gasteiger partial charge in [-0.15, -0.1) is 11.3 Å². The van der Waals surface area contributed by atoms with Crippen LogP contribution in [0.3, 0.4) is 0 Å². The van der Waals surface area contributed by atoms with Crippen molar-refractivity contribution in [3.63, 3.8) is 0 Å². The quantitative estimate of drug-likeness (QED) is 0.925.